The Morgan fingerprint density at radius 2 is 2.43 bits per heavy atom. The Morgan fingerprint density at radius 3 is 3.14 bits per heavy atom. The molecule has 1 aliphatic heterocycles. The van der Waals surface area contributed by atoms with E-state index in [1.165, 1.54) is 0 Å². The number of Topliss-reactive ketones (excluding diaryl/α,β-unsaturated/α-hetero) is 1. The van der Waals surface area contributed by atoms with Crippen molar-refractivity contribution in [2.45, 2.75) is 12.3 Å². The van der Waals surface area contributed by atoms with Gasteiger partial charge in [-0.1, -0.05) is 0 Å². The zero-order valence-electron chi connectivity index (χ0n) is 7.77. The highest BCUT2D eigenvalue weighted by molar-refractivity contribution is 5.86. The Balaban J connectivity index is 2.24. The summed E-state index contributed by atoms with van der Waals surface area (Å²) >= 11 is 0. The Bertz CT molecular complexity index is 352. The van der Waals surface area contributed by atoms with Crippen LogP contribution in [0.4, 0.5) is 5.82 Å². The standard InChI is InChI=1S/C10H12N2O2/c11-10-5-7(1-3-12-10)8-6-14-4-2-9(8)13/h1,3,5,8H,2,4,6H2,(H2,11,12). The second-order valence-electron chi connectivity index (χ2n) is 3.36. The number of ether oxygens (including phenoxy) is 1. The highest BCUT2D eigenvalue weighted by Crippen LogP contribution is 2.22. The minimum absolute atomic E-state index is 0.158. The van der Waals surface area contributed by atoms with Crippen LogP contribution in [0.25, 0.3) is 0 Å². The lowest BCUT2D eigenvalue weighted by molar-refractivity contribution is -0.126. The van der Waals surface area contributed by atoms with E-state index in [1.807, 2.05) is 6.07 Å². The van der Waals surface area contributed by atoms with Crippen LogP contribution in [-0.2, 0) is 9.53 Å². The Hall–Kier alpha value is -1.42. The first-order chi connectivity index (χ1) is 6.77. The third kappa shape index (κ3) is 1.75. The molecule has 1 atom stereocenters. The van der Waals surface area contributed by atoms with Gasteiger partial charge in [-0.25, -0.2) is 4.98 Å². The fraction of sp³-hybridized carbons (Fsp3) is 0.400. The number of nitrogen functional groups attached to an aromatic ring is 1. The number of hydrogen-bond donors (Lipinski definition) is 1. The molecule has 1 saturated heterocycles. The number of nitrogens with zero attached hydrogens (tertiary/aromatic N) is 1. The van der Waals surface area contributed by atoms with Crippen molar-refractivity contribution in [1.82, 2.24) is 4.98 Å². The molecule has 4 heteroatoms. The fourth-order valence-electron chi connectivity index (χ4n) is 1.61. The van der Waals surface area contributed by atoms with Gasteiger partial charge in [-0.2, -0.15) is 0 Å². The zero-order valence-corrected chi connectivity index (χ0v) is 7.77. The third-order valence-electron chi connectivity index (χ3n) is 2.37. The molecule has 0 aromatic carbocycles. The first-order valence-corrected chi connectivity index (χ1v) is 4.59. The van der Waals surface area contributed by atoms with Crippen molar-refractivity contribution in [2.24, 2.45) is 0 Å². The first kappa shape index (κ1) is 9.15. The second-order valence-corrected chi connectivity index (χ2v) is 3.36. The van der Waals surface area contributed by atoms with E-state index in [4.69, 9.17) is 10.5 Å². The number of anilines is 1. The van der Waals surface area contributed by atoms with Crippen molar-refractivity contribution in [3.63, 3.8) is 0 Å². The van der Waals surface area contributed by atoms with Gasteiger partial charge in [0.1, 0.15) is 11.6 Å². The van der Waals surface area contributed by atoms with Crippen molar-refractivity contribution >= 4 is 11.6 Å². The topological polar surface area (TPSA) is 65.2 Å². The number of hydrogen-bond acceptors (Lipinski definition) is 4. The van der Waals surface area contributed by atoms with Gasteiger partial charge in [0.25, 0.3) is 0 Å². The highest BCUT2D eigenvalue weighted by Gasteiger charge is 2.24. The molecule has 1 fully saturated rings. The number of carbonyl (C=O) groups is 1. The van der Waals surface area contributed by atoms with Gasteiger partial charge < -0.3 is 10.5 Å². The van der Waals surface area contributed by atoms with Crippen molar-refractivity contribution in [3.8, 4) is 0 Å². The van der Waals surface area contributed by atoms with E-state index >= 15 is 0 Å². The summed E-state index contributed by atoms with van der Waals surface area (Å²) in [5.74, 6) is 0.511. The predicted octanol–water partition coefficient (Wildman–Crippen LogP) is 0.737. The Kier molecular flexibility index (Phi) is 2.45. The second kappa shape index (κ2) is 3.75. The van der Waals surface area contributed by atoms with E-state index in [0.717, 1.165) is 5.56 Å². The molecule has 4 nitrogen and oxygen atoms in total. The van der Waals surface area contributed by atoms with Crippen LogP contribution in [0, 0.1) is 0 Å². The number of carbonyl (C=O) groups excluding carboxylic acids is 1. The number of pyridine rings is 1. The van der Waals surface area contributed by atoms with Crippen LogP contribution in [0.2, 0.25) is 0 Å². The largest absolute Gasteiger partial charge is 0.384 e. The maximum absolute atomic E-state index is 11.6. The third-order valence-corrected chi connectivity index (χ3v) is 2.37. The quantitative estimate of drug-likeness (QED) is 0.712. The van der Waals surface area contributed by atoms with Gasteiger partial charge in [0.2, 0.25) is 0 Å². The van der Waals surface area contributed by atoms with Crippen molar-refractivity contribution < 1.29 is 9.53 Å². The maximum Gasteiger partial charge on any atom is 0.144 e. The lowest BCUT2D eigenvalue weighted by Crippen LogP contribution is -2.25. The van der Waals surface area contributed by atoms with E-state index in [1.54, 1.807) is 12.3 Å². The lowest BCUT2D eigenvalue weighted by atomic mass is 9.93. The number of nitrogens with two attached hydrogens (primary N) is 1. The van der Waals surface area contributed by atoms with Crippen LogP contribution in [0.5, 0.6) is 0 Å². The molecule has 1 unspecified atom stereocenters. The molecule has 1 aromatic heterocycles. The molecule has 1 aromatic rings. The molecular weight excluding hydrogens is 180 g/mol. The van der Waals surface area contributed by atoms with Crippen molar-refractivity contribution in [3.05, 3.63) is 23.9 Å². The Morgan fingerprint density at radius 1 is 1.57 bits per heavy atom. The van der Waals surface area contributed by atoms with Crippen LogP contribution in [-0.4, -0.2) is 24.0 Å². The monoisotopic (exact) mass is 192 g/mol. The molecule has 14 heavy (non-hydrogen) atoms. The van der Waals surface area contributed by atoms with E-state index in [-0.39, 0.29) is 11.7 Å². The number of rotatable bonds is 1. The molecule has 1 aliphatic rings. The molecule has 0 spiro atoms. The van der Waals surface area contributed by atoms with Gasteiger partial charge >= 0.3 is 0 Å². The SMILES string of the molecule is Nc1cc(C2COCCC2=O)ccn1. The van der Waals surface area contributed by atoms with Gasteiger partial charge in [-0.3, -0.25) is 4.79 Å². The van der Waals surface area contributed by atoms with E-state index in [9.17, 15) is 4.79 Å². The van der Waals surface area contributed by atoms with Crippen LogP contribution in [0.15, 0.2) is 18.3 Å². The summed E-state index contributed by atoms with van der Waals surface area (Å²) in [5, 5.41) is 0. The summed E-state index contributed by atoms with van der Waals surface area (Å²) in [6.45, 7) is 0.998. The minimum atomic E-state index is -0.158. The van der Waals surface area contributed by atoms with Crippen molar-refractivity contribution in [2.75, 3.05) is 18.9 Å². The molecule has 0 aliphatic carbocycles. The van der Waals surface area contributed by atoms with Gasteiger partial charge in [-0.15, -0.1) is 0 Å². The van der Waals surface area contributed by atoms with Gasteiger partial charge in [0, 0.05) is 12.6 Å². The van der Waals surface area contributed by atoms with E-state index in [0.29, 0.717) is 25.5 Å². The predicted molar refractivity (Wildman–Crippen MR) is 51.8 cm³/mol. The summed E-state index contributed by atoms with van der Waals surface area (Å²) < 4.78 is 5.26. The molecule has 2 heterocycles. The number of ketones is 1. The van der Waals surface area contributed by atoms with Crippen molar-refractivity contribution in [1.29, 1.82) is 0 Å². The summed E-state index contributed by atoms with van der Waals surface area (Å²) in [7, 11) is 0. The van der Waals surface area contributed by atoms with E-state index in [2.05, 4.69) is 4.98 Å². The van der Waals surface area contributed by atoms with Crippen LogP contribution in [0.1, 0.15) is 17.9 Å². The smallest absolute Gasteiger partial charge is 0.144 e. The van der Waals surface area contributed by atoms with E-state index < -0.39 is 0 Å². The minimum Gasteiger partial charge on any atom is -0.384 e. The zero-order chi connectivity index (χ0) is 9.97. The fourth-order valence-corrected chi connectivity index (χ4v) is 1.61. The molecule has 0 amide bonds. The number of aromatic nitrogens is 1. The van der Waals surface area contributed by atoms with Gasteiger partial charge in [-0.05, 0) is 17.7 Å². The van der Waals surface area contributed by atoms with Crippen LogP contribution in [0.3, 0.4) is 0 Å². The molecular formula is C10H12N2O2. The molecule has 2 rings (SSSR count). The lowest BCUT2D eigenvalue weighted by Gasteiger charge is -2.21. The molecule has 74 valence electrons. The van der Waals surface area contributed by atoms with Crippen LogP contribution < -0.4 is 5.73 Å². The molecule has 0 radical (unpaired) electrons. The highest BCUT2D eigenvalue weighted by atomic mass is 16.5. The summed E-state index contributed by atoms with van der Waals surface area (Å²) in [5.41, 5.74) is 6.45. The maximum atomic E-state index is 11.6. The summed E-state index contributed by atoms with van der Waals surface area (Å²) in [6, 6.07) is 3.55. The average molecular weight is 192 g/mol. The summed E-state index contributed by atoms with van der Waals surface area (Å²) in [4.78, 5) is 15.5. The summed E-state index contributed by atoms with van der Waals surface area (Å²) in [6.07, 6.45) is 2.11. The normalized spacial score (nSPS) is 22.3. The van der Waals surface area contributed by atoms with Gasteiger partial charge in [0.15, 0.2) is 0 Å². The average Bonchev–Trinajstić information content (AvgIpc) is 2.18. The van der Waals surface area contributed by atoms with Crippen LogP contribution >= 0.6 is 0 Å². The molecule has 0 saturated carbocycles. The molecule has 0 bridgehead atoms. The van der Waals surface area contributed by atoms with Gasteiger partial charge in [0.05, 0.1) is 19.1 Å². The Labute approximate surface area is 82.1 Å². The first-order valence-electron chi connectivity index (χ1n) is 4.59. The molecule has 2 N–H and O–H groups in total.